The highest BCUT2D eigenvalue weighted by Gasteiger charge is 2.17. The molecule has 2 heterocycles. The van der Waals surface area contributed by atoms with Gasteiger partial charge in [0.1, 0.15) is 0 Å². The average molecular weight is 475 g/mol. The van der Waals surface area contributed by atoms with Crippen LogP contribution >= 0.6 is 0 Å². The lowest BCUT2D eigenvalue weighted by Crippen LogP contribution is -2.41. The first-order valence-electron chi connectivity index (χ1n) is 11.2. The summed E-state index contributed by atoms with van der Waals surface area (Å²) in [6.45, 7) is 7.47. The maximum atomic E-state index is 12.8. The van der Waals surface area contributed by atoms with Crippen LogP contribution in [0.2, 0.25) is 0 Å². The van der Waals surface area contributed by atoms with Crippen molar-refractivity contribution in [2.75, 3.05) is 75.3 Å². The number of rotatable bonds is 8. The minimum Gasteiger partial charge on any atom is -0.379 e. The normalized spacial score (nSPS) is 17.5. The first kappa shape index (κ1) is 23.5. The van der Waals surface area contributed by atoms with Gasteiger partial charge in [0.2, 0.25) is 0 Å². The van der Waals surface area contributed by atoms with E-state index in [0.29, 0.717) is 31.0 Å². The lowest BCUT2D eigenvalue weighted by Gasteiger charge is -2.28. The Morgan fingerprint density at radius 2 is 1.45 bits per heavy atom. The molecule has 2 aliphatic heterocycles. The summed E-state index contributed by atoms with van der Waals surface area (Å²) < 4.78 is 38.8. The molecule has 2 aromatic rings. The summed E-state index contributed by atoms with van der Waals surface area (Å²) >= 11 is 0. The molecule has 2 N–H and O–H groups in total. The topological polar surface area (TPSA) is 100 Å². The molecule has 0 aliphatic carbocycles. The highest BCUT2D eigenvalue weighted by atomic mass is 32.2. The molecule has 2 fully saturated rings. The van der Waals surface area contributed by atoms with Crippen LogP contribution < -0.4 is 14.9 Å². The van der Waals surface area contributed by atoms with Gasteiger partial charge in [-0.25, -0.2) is 8.42 Å². The van der Waals surface area contributed by atoms with Gasteiger partial charge in [-0.3, -0.25) is 14.4 Å². The van der Waals surface area contributed by atoms with Crippen LogP contribution in [0.15, 0.2) is 53.4 Å². The SMILES string of the molecule is O=C(NCCN1CCOCC1)c1ccc(S(=O)(=O)Nc2ccc(N3CCOCC3)cc2)cc1. The molecule has 4 rings (SSSR count). The van der Waals surface area contributed by atoms with E-state index in [9.17, 15) is 13.2 Å². The summed E-state index contributed by atoms with van der Waals surface area (Å²) in [6.07, 6.45) is 0. The molecule has 2 saturated heterocycles. The molecule has 0 saturated carbocycles. The predicted molar refractivity (Wildman–Crippen MR) is 126 cm³/mol. The molecule has 10 heteroatoms. The Labute approximate surface area is 194 Å². The first-order chi connectivity index (χ1) is 16.0. The van der Waals surface area contributed by atoms with Crippen molar-refractivity contribution in [1.82, 2.24) is 10.2 Å². The average Bonchev–Trinajstić information content (AvgIpc) is 2.85. The number of anilines is 2. The zero-order valence-electron chi connectivity index (χ0n) is 18.5. The molecule has 1 amide bonds. The molecule has 0 atom stereocenters. The Kier molecular flexibility index (Phi) is 7.81. The third-order valence-corrected chi connectivity index (χ3v) is 7.14. The fourth-order valence-corrected chi connectivity index (χ4v) is 4.87. The number of nitrogens with zero attached hydrogens (tertiary/aromatic N) is 2. The second kappa shape index (κ2) is 11.0. The highest BCUT2D eigenvalue weighted by Crippen LogP contribution is 2.21. The van der Waals surface area contributed by atoms with E-state index in [4.69, 9.17) is 9.47 Å². The summed E-state index contributed by atoms with van der Waals surface area (Å²) in [4.78, 5) is 16.9. The van der Waals surface area contributed by atoms with Gasteiger partial charge in [-0.2, -0.15) is 0 Å². The zero-order chi connectivity index (χ0) is 23.1. The lowest BCUT2D eigenvalue weighted by atomic mass is 10.2. The van der Waals surface area contributed by atoms with Crippen LogP contribution in [0.5, 0.6) is 0 Å². The fraction of sp³-hybridized carbons (Fsp3) is 0.435. The van der Waals surface area contributed by atoms with E-state index in [1.165, 1.54) is 24.3 Å². The zero-order valence-corrected chi connectivity index (χ0v) is 19.4. The monoisotopic (exact) mass is 474 g/mol. The Morgan fingerprint density at radius 1 is 0.848 bits per heavy atom. The summed E-state index contributed by atoms with van der Waals surface area (Å²) in [7, 11) is -3.76. The number of nitrogens with one attached hydrogen (secondary N) is 2. The smallest absolute Gasteiger partial charge is 0.261 e. The molecule has 178 valence electrons. The van der Waals surface area contributed by atoms with Gasteiger partial charge in [0.25, 0.3) is 15.9 Å². The minimum atomic E-state index is -3.76. The van der Waals surface area contributed by atoms with E-state index in [1.54, 1.807) is 12.1 Å². The van der Waals surface area contributed by atoms with Gasteiger partial charge in [-0.15, -0.1) is 0 Å². The maximum absolute atomic E-state index is 12.8. The van der Waals surface area contributed by atoms with Crippen LogP contribution in [-0.2, 0) is 19.5 Å². The molecule has 0 radical (unpaired) electrons. The maximum Gasteiger partial charge on any atom is 0.261 e. The summed E-state index contributed by atoms with van der Waals surface area (Å²) in [5, 5.41) is 2.88. The van der Waals surface area contributed by atoms with E-state index in [2.05, 4.69) is 19.8 Å². The van der Waals surface area contributed by atoms with E-state index in [0.717, 1.165) is 51.6 Å². The van der Waals surface area contributed by atoms with Crippen LogP contribution in [-0.4, -0.2) is 84.9 Å². The van der Waals surface area contributed by atoms with Crippen molar-refractivity contribution in [3.63, 3.8) is 0 Å². The van der Waals surface area contributed by atoms with Crippen LogP contribution in [0.25, 0.3) is 0 Å². The van der Waals surface area contributed by atoms with Crippen LogP contribution in [0.3, 0.4) is 0 Å². The second-order valence-corrected chi connectivity index (χ2v) is 9.67. The van der Waals surface area contributed by atoms with Crippen molar-refractivity contribution in [2.45, 2.75) is 4.90 Å². The summed E-state index contributed by atoms with van der Waals surface area (Å²) in [5.74, 6) is -0.223. The summed E-state index contributed by atoms with van der Waals surface area (Å²) in [5.41, 5.74) is 1.94. The van der Waals surface area contributed by atoms with Gasteiger partial charge in [-0.1, -0.05) is 0 Å². The Hall–Kier alpha value is -2.66. The lowest BCUT2D eigenvalue weighted by molar-refractivity contribution is 0.0383. The van der Waals surface area contributed by atoms with Gasteiger partial charge in [0.05, 0.1) is 31.3 Å². The van der Waals surface area contributed by atoms with E-state index < -0.39 is 10.0 Å². The van der Waals surface area contributed by atoms with E-state index in [1.807, 2.05) is 12.1 Å². The third-order valence-electron chi connectivity index (χ3n) is 5.74. The number of carbonyl (C=O) groups is 1. The fourth-order valence-electron chi connectivity index (χ4n) is 3.82. The van der Waals surface area contributed by atoms with E-state index in [-0.39, 0.29) is 10.8 Å². The number of ether oxygens (including phenoxy) is 2. The number of benzene rings is 2. The third kappa shape index (κ3) is 6.44. The number of hydrogen-bond donors (Lipinski definition) is 2. The van der Waals surface area contributed by atoms with Crippen LogP contribution in [0.1, 0.15) is 10.4 Å². The summed E-state index contributed by atoms with van der Waals surface area (Å²) in [6, 6.07) is 13.2. The molecule has 0 unspecified atom stereocenters. The van der Waals surface area contributed by atoms with Gasteiger partial charge < -0.3 is 19.7 Å². The Bertz CT molecular complexity index is 1020. The standard InChI is InChI=1S/C23H30N4O5S/c28-23(24-9-10-26-11-15-31-16-12-26)19-1-7-22(8-2-19)33(29,30)25-20-3-5-21(6-4-20)27-13-17-32-18-14-27/h1-8,25H,9-18H2,(H,24,28). The molecule has 9 nitrogen and oxygen atoms in total. The predicted octanol–water partition coefficient (Wildman–Crippen LogP) is 1.39. The number of carbonyl (C=O) groups excluding carboxylic acids is 1. The Morgan fingerprint density at radius 3 is 2.09 bits per heavy atom. The van der Waals surface area contributed by atoms with Crippen molar-refractivity contribution >= 4 is 27.3 Å². The molecule has 0 bridgehead atoms. The van der Waals surface area contributed by atoms with E-state index >= 15 is 0 Å². The van der Waals surface area contributed by atoms with Crippen molar-refractivity contribution in [1.29, 1.82) is 0 Å². The molecular weight excluding hydrogens is 444 g/mol. The number of amides is 1. The number of sulfonamides is 1. The molecule has 2 aliphatic rings. The minimum absolute atomic E-state index is 0.102. The van der Waals surface area contributed by atoms with Gasteiger partial charge in [0, 0.05) is 56.2 Å². The van der Waals surface area contributed by atoms with Crippen molar-refractivity contribution < 1.29 is 22.7 Å². The molecule has 2 aromatic carbocycles. The van der Waals surface area contributed by atoms with Gasteiger partial charge in [-0.05, 0) is 48.5 Å². The number of morpholine rings is 2. The van der Waals surface area contributed by atoms with Crippen molar-refractivity contribution in [3.05, 3.63) is 54.1 Å². The van der Waals surface area contributed by atoms with Gasteiger partial charge >= 0.3 is 0 Å². The largest absolute Gasteiger partial charge is 0.379 e. The number of hydrogen-bond acceptors (Lipinski definition) is 7. The quantitative estimate of drug-likeness (QED) is 0.596. The Balaban J connectivity index is 1.30. The van der Waals surface area contributed by atoms with Gasteiger partial charge in [0.15, 0.2) is 0 Å². The second-order valence-electron chi connectivity index (χ2n) is 7.99. The molecule has 33 heavy (non-hydrogen) atoms. The molecule has 0 spiro atoms. The first-order valence-corrected chi connectivity index (χ1v) is 12.6. The van der Waals surface area contributed by atoms with Crippen LogP contribution in [0.4, 0.5) is 11.4 Å². The highest BCUT2D eigenvalue weighted by molar-refractivity contribution is 7.92. The van der Waals surface area contributed by atoms with Crippen molar-refractivity contribution in [3.8, 4) is 0 Å². The van der Waals surface area contributed by atoms with Crippen LogP contribution in [0, 0.1) is 0 Å². The molecule has 0 aromatic heterocycles. The van der Waals surface area contributed by atoms with Crippen molar-refractivity contribution in [2.24, 2.45) is 0 Å². The molecular formula is C23H30N4O5S.